The van der Waals surface area contributed by atoms with Crippen molar-refractivity contribution in [2.24, 2.45) is 0 Å². The first-order chi connectivity index (χ1) is 15.2. The second-order valence-corrected chi connectivity index (χ2v) is 9.15. The maximum Gasteiger partial charge on any atom is 0.264 e. The molecule has 0 aromatic heterocycles. The molecule has 3 rings (SSSR count). The third-order valence-electron chi connectivity index (χ3n) is 5.09. The molecule has 0 unspecified atom stereocenters. The number of anilines is 2. The summed E-state index contributed by atoms with van der Waals surface area (Å²) in [6.45, 7) is 3.13. The van der Waals surface area contributed by atoms with Crippen molar-refractivity contribution in [3.8, 4) is 5.75 Å². The number of para-hydroxylation sites is 3. The van der Waals surface area contributed by atoms with Gasteiger partial charge in [0.25, 0.3) is 15.9 Å². The van der Waals surface area contributed by atoms with Crippen molar-refractivity contribution in [2.75, 3.05) is 23.8 Å². The van der Waals surface area contributed by atoms with Gasteiger partial charge in [-0.2, -0.15) is 0 Å². The summed E-state index contributed by atoms with van der Waals surface area (Å²) in [5, 5.41) is 2.72. The number of nitrogens with one attached hydrogen (secondary N) is 1. The molecule has 0 spiro atoms. The van der Waals surface area contributed by atoms with Gasteiger partial charge in [-0.25, -0.2) is 8.42 Å². The summed E-state index contributed by atoms with van der Waals surface area (Å²) in [5.41, 5.74) is 1.90. The number of sulfonamides is 1. The molecule has 0 heterocycles. The van der Waals surface area contributed by atoms with E-state index in [0.717, 1.165) is 4.31 Å². The Labute approximate surface area is 187 Å². The Bertz CT molecular complexity index is 1290. The molecule has 0 aliphatic heterocycles. The van der Waals surface area contributed by atoms with Crippen molar-refractivity contribution >= 4 is 33.1 Å². The van der Waals surface area contributed by atoms with Crippen LogP contribution in [0.15, 0.2) is 71.6 Å². The van der Waals surface area contributed by atoms with Gasteiger partial charge in [-0.1, -0.05) is 30.3 Å². The fourth-order valence-corrected chi connectivity index (χ4v) is 4.51. The number of ether oxygens (including phenoxy) is 1. The van der Waals surface area contributed by atoms with Crippen molar-refractivity contribution in [1.82, 2.24) is 0 Å². The van der Waals surface area contributed by atoms with E-state index in [1.807, 2.05) is 0 Å². The average molecular weight is 453 g/mol. The predicted octanol–water partition coefficient (Wildman–Crippen LogP) is 4.28. The van der Waals surface area contributed by atoms with Crippen LogP contribution in [0.2, 0.25) is 0 Å². The van der Waals surface area contributed by atoms with Crippen LogP contribution in [-0.2, 0) is 10.0 Å². The molecule has 3 aromatic rings. The number of carbonyl (C=O) groups is 2. The fourth-order valence-electron chi connectivity index (χ4n) is 3.27. The number of nitrogens with zero attached hydrogens (tertiary/aromatic N) is 1. The molecule has 3 aromatic carbocycles. The zero-order valence-corrected chi connectivity index (χ0v) is 19.1. The number of benzene rings is 3. The van der Waals surface area contributed by atoms with Crippen LogP contribution in [0.4, 0.5) is 11.4 Å². The van der Waals surface area contributed by atoms with Crippen molar-refractivity contribution in [2.45, 2.75) is 18.7 Å². The van der Waals surface area contributed by atoms with E-state index in [0.29, 0.717) is 28.3 Å². The third kappa shape index (κ3) is 4.50. The Morgan fingerprint density at radius 3 is 2.28 bits per heavy atom. The molecule has 0 atom stereocenters. The molecule has 8 heteroatoms. The normalized spacial score (nSPS) is 11.0. The number of hydrogen-bond acceptors (Lipinski definition) is 5. The maximum atomic E-state index is 13.3. The van der Waals surface area contributed by atoms with Gasteiger partial charge in [0.2, 0.25) is 0 Å². The highest BCUT2D eigenvalue weighted by Crippen LogP contribution is 2.31. The second kappa shape index (κ2) is 9.23. The highest BCUT2D eigenvalue weighted by Gasteiger charge is 2.25. The Kier molecular flexibility index (Phi) is 6.64. The highest BCUT2D eigenvalue weighted by molar-refractivity contribution is 7.92. The molecule has 0 radical (unpaired) electrons. The molecule has 0 aliphatic carbocycles. The summed E-state index contributed by atoms with van der Waals surface area (Å²) in [4.78, 5) is 24.8. The first-order valence-corrected chi connectivity index (χ1v) is 11.2. The zero-order valence-electron chi connectivity index (χ0n) is 18.2. The molecule has 7 nitrogen and oxygen atoms in total. The number of methoxy groups -OCH3 is 1. The van der Waals surface area contributed by atoms with Crippen LogP contribution in [-0.4, -0.2) is 34.3 Å². The minimum Gasteiger partial charge on any atom is -0.495 e. The summed E-state index contributed by atoms with van der Waals surface area (Å²) in [6.07, 6.45) is 0. The molecular formula is C24H24N2O5S. The summed E-state index contributed by atoms with van der Waals surface area (Å²) >= 11 is 0. The van der Waals surface area contributed by atoms with E-state index >= 15 is 0 Å². The maximum absolute atomic E-state index is 13.3. The molecule has 166 valence electrons. The number of carbonyl (C=O) groups excluding carboxylic acids is 2. The van der Waals surface area contributed by atoms with Gasteiger partial charge in [-0.05, 0) is 55.8 Å². The van der Waals surface area contributed by atoms with E-state index in [1.54, 1.807) is 61.5 Å². The molecule has 0 bridgehead atoms. The van der Waals surface area contributed by atoms with Crippen molar-refractivity contribution in [3.05, 3.63) is 83.4 Å². The van der Waals surface area contributed by atoms with Crippen LogP contribution >= 0.6 is 0 Å². The Hall–Kier alpha value is -3.65. The van der Waals surface area contributed by atoms with Crippen LogP contribution < -0.4 is 14.4 Å². The minimum absolute atomic E-state index is 0.0403. The smallest absolute Gasteiger partial charge is 0.264 e. The van der Waals surface area contributed by atoms with Gasteiger partial charge in [-0.15, -0.1) is 0 Å². The van der Waals surface area contributed by atoms with E-state index < -0.39 is 15.9 Å². The molecule has 0 saturated carbocycles. The van der Waals surface area contributed by atoms with Gasteiger partial charge in [0.15, 0.2) is 5.78 Å². The molecule has 1 amide bonds. The van der Waals surface area contributed by atoms with Gasteiger partial charge >= 0.3 is 0 Å². The number of Topliss-reactive ketones (excluding diaryl/α,β-unsaturated/α-hetero) is 1. The third-order valence-corrected chi connectivity index (χ3v) is 6.86. The van der Waals surface area contributed by atoms with E-state index in [9.17, 15) is 18.0 Å². The molecule has 0 fully saturated rings. The minimum atomic E-state index is -3.97. The van der Waals surface area contributed by atoms with E-state index in [1.165, 1.54) is 33.2 Å². The van der Waals surface area contributed by atoms with Crippen LogP contribution in [0.3, 0.4) is 0 Å². The van der Waals surface area contributed by atoms with Crippen LogP contribution in [0.1, 0.15) is 33.2 Å². The summed E-state index contributed by atoms with van der Waals surface area (Å²) in [6, 6.07) is 17.8. The van der Waals surface area contributed by atoms with E-state index in [-0.39, 0.29) is 16.2 Å². The highest BCUT2D eigenvalue weighted by atomic mass is 32.2. The Morgan fingerprint density at radius 2 is 1.59 bits per heavy atom. The quantitative estimate of drug-likeness (QED) is 0.540. The van der Waals surface area contributed by atoms with E-state index in [4.69, 9.17) is 4.74 Å². The average Bonchev–Trinajstić information content (AvgIpc) is 2.78. The van der Waals surface area contributed by atoms with Crippen molar-refractivity contribution in [1.29, 1.82) is 0 Å². The summed E-state index contributed by atoms with van der Waals surface area (Å²) in [7, 11) is -1.08. The first kappa shape index (κ1) is 23.0. The van der Waals surface area contributed by atoms with Crippen LogP contribution in [0.5, 0.6) is 5.75 Å². The topological polar surface area (TPSA) is 92.8 Å². The summed E-state index contributed by atoms with van der Waals surface area (Å²) < 4.78 is 33.0. The largest absolute Gasteiger partial charge is 0.495 e. The lowest BCUT2D eigenvalue weighted by Gasteiger charge is -2.22. The number of rotatable bonds is 7. The lowest BCUT2D eigenvalue weighted by Crippen LogP contribution is -2.27. The molecule has 32 heavy (non-hydrogen) atoms. The van der Waals surface area contributed by atoms with Gasteiger partial charge in [0.1, 0.15) is 5.75 Å². The van der Waals surface area contributed by atoms with Crippen LogP contribution in [0.25, 0.3) is 0 Å². The Morgan fingerprint density at radius 1 is 0.938 bits per heavy atom. The molecule has 0 saturated heterocycles. The van der Waals surface area contributed by atoms with Gasteiger partial charge in [-0.3, -0.25) is 13.9 Å². The van der Waals surface area contributed by atoms with Crippen molar-refractivity contribution < 1.29 is 22.7 Å². The lowest BCUT2D eigenvalue weighted by molar-refractivity contribution is 0.101. The monoisotopic (exact) mass is 452 g/mol. The van der Waals surface area contributed by atoms with Gasteiger partial charge in [0.05, 0.1) is 23.4 Å². The van der Waals surface area contributed by atoms with Gasteiger partial charge in [0, 0.05) is 18.2 Å². The number of amides is 1. The van der Waals surface area contributed by atoms with Crippen LogP contribution in [0, 0.1) is 6.92 Å². The number of ketones is 1. The standard InChI is InChI=1S/C24H24N2O5S/c1-16-13-14-18(32(29,30)26(3)22-11-7-8-12-23(22)31-4)15-20(16)24(28)25-21-10-6-5-9-19(21)17(2)27/h5-15H,1-4H3,(H,25,28). The van der Waals surface area contributed by atoms with Gasteiger partial charge < -0.3 is 10.1 Å². The predicted molar refractivity (Wildman–Crippen MR) is 124 cm³/mol. The Balaban J connectivity index is 1.98. The second-order valence-electron chi connectivity index (χ2n) is 7.18. The van der Waals surface area contributed by atoms with E-state index in [2.05, 4.69) is 5.32 Å². The molecule has 0 aliphatic rings. The first-order valence-electron chi connectivity index (χ1n) is 9.80. The number of aryl methyl sites for hydroxylation is 1. The zero-order chi connectivity index (χ0) is 23.5. The summed E-state index contributed by atoms with van der Waals surface area (Å²) in [5.74, 6) is -0.287. The molecular weight excluding hydrogens is 428 g/mol. The molecule has 1 N–H and O–H groups in total. The lowest BCUT2D eigenvalue weighted by atomic mass is 10.1. The SMILES string of the molecule is COc1ccccc1N(C)S(=O)(=O)c1ccc(C)c(C(=O)Nc2ccccc2C(C)=O)c1. The fraction of sp³-hybridized carbons (Fsp3) is 0.167. The van der Waals surface area contributed by atoms with Crippen molar-refractivity contribution in [3.63, 3.8) is 0 Å². The number of hydrogen-bond donors (Lipinski definition) is 1.